The first kappa shape index (κ1) is 23.5. The Bertz CT molecular complexity index is 424. The van der Waals surface area contributed by atoms with E-state index in [1.807, 2.05) is 0 Å². The van der Waals surface area contributed by atoms with Gasteiger partial charge in [0.25, 0.3) is 0 Å². The second-order valence-corrected chi connectivity index (χ2v) is 8.95. The van der Waals surface area contributed by atoms with E-state index in [1.165, 1.54) is 82.9 Å². The summed E-state index contributed by atoms with van der Waals surface area (Å²) < 4.78 is 0. The third-order valence-electron chi connectivity index (χ3n) is 6.93. The van der Waals surface area contributed by atoms with Crippen LogP contribution in [-0.4, -0.2) is 24.0 Å². The van der Waals surface area contributed by atoms with Gasteiger partial charge in [-0.25, -0.2) is 0 Å². The summed E-state index contributed by atoms with van der Waals surface area (Å²) in [5.41, 5.74) is 3.41. The fraction of sp³-hybridized carbons (Fsp3) is 0.840. The van der Waals surface area contributed by atoms with Crippen molar-refractivity contribution in [2.75, 3.05) is 13.1 Å². The standard InChI is InChI=1S/C25H47N/c1-8-15-25(16-12-13-21(5)10-3)20-24(19-22(25)6)14-18-26(17-9-2)23(7)11-4/h23-24H,5-6,8-20H2,1-4,7H3. The molecule has 3 unspecified atom stereocenters. The lowest BCUT2D eigenvalue weighted by Crippen LogP contribution is -2.35. The van der Waals surface area contributed by atoms with Gasteiger partial charge in [0, 0.05) is 6.04 Å². The normalized spacial score (nSPS) is 24.4. The minimum atomic E-state index is 0.430. The molecular formula is C25H47N. The molecule has 1 aliphatic rings. The number of hydrogen-bond donors (Lipinski definition) is 0. The topological polar surface area (TPSA) is 3.24 Å². The molecule has 1 rings (SSSR count). The largest absolute Gasteiger partial charge is 0.301 e. The second kappa shape index (κ2) is 12.0. The minimum Gasteiger partial charge on any atom is -0.301 e. The summed E-state index contributed by atoms with van der Waals surface area (Å²) in [7, 11) is 0. The van der Waals surface area contributed by atoms with Gasteiger partial charge in [-0.3, -0.25) is 0 Å². The van der Waals surface area contributed by atoms with Crippen molar-refractivity contribution in [2.24, 2.45) is 11.3 Å². The smallest absolute Gasteiger partial charge is 0.00643 e. The zero-order valence-electron chi connectivity index (χ0n) is 18.7. The van der Waals surface area contributed by atoms with Crippen LogP contribution in [0.15, 0.2) is 24.3 Å². The summed E-state index contributed by atoms with van der Waals surface area (Å²) in [6.45, 7) is 22.9. The van der Waals surface area contributed by atoms with Gasteiger partial charge in [-0.2, -0.15) is 0 Å². The molecule has 0 aromatic heterocycles. The molecule has 1 saturated carbocycles. The van der Waals surface area contributed by atoms with Gasteiger partial charge in [-0.15, -0.1) is 0 Å². The van der Waals surface area contributed by atoms with E-state index in [0.717, 1.165) is 18.4 Å². The van der Waals surface area contributed by atoms with Crippen LogP contribution in [0.2, 0.25) is 0 Å². The Morgan fingerprint density at radius 1 is 1.15 bits per heavy atom. The van der Waals surface area contributed by atoms with Crippen LogP contribution in [0, 0.1) is 11.3 Å². The van der Waals surface area contributed by atoms with Crippen LogP contribution in [0.4, 0.5) is 0 Å². The Morgan fingerprint density at radius 2 is 1.88 bits per heavy atom. The molecule has 1 fully saturated rings. The summed E-state index contributed by atoms with van der Waals surface area (Å²) in [5, 5.41) is 0. The maximum Gasteiger partial charge on any atom is 0.00643 e. The molecule has 0 N–H and O–H groups in total. The van der Waals surface area contributed by atoms with E-state index >= 15 is 0 Å². The van der Waals surface area contributed by atoms with E-state index in [-0.39, 0.29) is 0 Å². The molecule has 0 aromatic carbocycles. The fourth-order valence-corrected chi connectivity index (χ4v) is 5.00. The number of allylic oxidation sites excluding steroid dienone is 2. The van der Waals surface area contributed by atoms with Crippen LogP contribution in [0.3, 0.4) is 0 Å². The van der Waals surface area contributed by atoms with Gasteiger partial charge in [-0.1, -0.05) is 58.4 Å². The highest BCUT2D eigenvalue weighted by Gasteiger charge is 2.40. The molecule has 0 saturated heterocycles. The third-order valence-corrected chi connectivity index (χ3v) is 6.93. The quantitative estimate of drug-likeness (QED) is 0.285. The first-order valence-electron chi connectivity index (χ1n) is 11.5. The van der Waals surface area contributed by atoms with Gasteiger partial charge in [-0.05, 0) is 95.6 Å². The van der Waals surface area contributed by atoms with E-state index in [4.69, 9.17) is 0 Å². The van der Waals surface area contributed by atoms with Crippen molar-refractivity contribution in [2.45, 2.75) is 111 Å². The molecule has 0 spiro atoms. The minimum absolute atomic E-state index is 0.430. The van der Waals surface area contributed by atoms with Crippen LogP contribution in [0.5, 0.6) is 0 Å². The van der Waals surface area contributed by atoms with E-state index < -0.39 is 0 Å². The average molecular weight is 362 g/mol. The summed E-state index contributed by atoms with van der Waals surface area (Å²) in [5.74, 6) is 0.854. The van der Waals surface area contributed by atoms with Crippen LogP contribution in [0.25, 0.3) is 0 Å². The average Bonchev–Trinajstić information content (AvgIpc) is 2.93. The van der Waals surface area contributed by atoms with Gasteiger partial charge >= 0.3 is 0 Å². The van der Waals surface area contributed by atoms with Gasteiger partial charge < -0.3 is 4.90 Å². The Balaban J connectivity index is 2.62. The Morgan fingerprint density at radius 3 is 2.46 bits per heavy atom. The molecular weight excluding hydrogens is 314 g/mol. The van der Waals surface area contributed by atoms with E-state index in [9.17, 15) is 0 Å². The first-order valence-corrected chi connectivity index (χ1v) is 11.5. The molecule has 0 radical (unpaired) electrons. The Kier molecular flexibility index (Phi) is 10.8. The van der Waals surface area contributed by atoms with Gasteiger partial charge in [0.2, 0.25) is 0 Å². The maximum absolute atomic E-state index is 4.57. The Labute approximate surface area is 165 Å². The number of rotatable bonds is 14. The monoisotopic (exact) mass is 361 g/mol. The molecule has 0 bridgehead atoms. The van der Waals surface area contributed by atoms with Crippen molar-refractivity contribution in [1.82, 2.24) is 4.90 Å². The van der Waals surface area contributed by atoms with E-state index in [1.54, 1.807) is 5.57 Å². The Hall–Kier alpha value is -0.560. The number of nitrogens with zero attached hydrogens (tertiary/aromatic N) is 1. The highest BCUT2D eigenvalue weighted by Crippen LogP contribution is 2.52. The molecule has 1 aliphatic carbocycles. The molecule has 0 amide bonds. The van der Waals surface area contributed by atoms with Crippen LogP contribution < -0.4 is 0 Å². The van der Waals surface area contributed by atoms with E-state index in [0.29, 0.717) is 5.41 Å². The molecule has 152 valence electrons. The molecule has 3 atom stereocenters. The van der Waals surface area contributed by atoms with Crippen LogP contribution in [-0.2, 0) is 0 Å². The molecule has 0 aromatic rings. The van der Waals surface area contributed by atoms with Crippen molar-refractivity contribution in [3.05, 3.63) is 24.3 Å². The van der Waals surface area contributed by atoms with Crippen LogP contribution in [0.1, 0.15) is 105 Å². The predicted molar refractivity (Wildman–Crippen MR) is 119 cm³/mol. The van der Waals surface area contributed by atoms with Gasteiger partial charge in [0.1, 0.15) is 0 Å². The molecule has 0 heterocycles. The predicted octanol–water partition coefficient (Wildman–Crippen LogP) is 7.78. The van der Waals surface area contributed by atoms with Crippen LogP contribution >= 0.6 is 0 Å². The summed E-state index contributed by atoms with van der Waals surface area (Å²) in [6, 6.07) is 0.722. The highest BCUT2D eigenvalue weighted by atomic mass is 15.1. The summed E-state index contributed by atoms with van der Waals surface area (Å²) >= 11 is 0. The second-order valence-electron chi connectivity index (χ2n) is 8.95. The molecule has 1 nitrogen and oxygen atoms in total. The third kappa shape index (κ3) is 6.87. The zero-order chi connectivity index (χ0) is 19.6. The maximum atomic E-state index is 4.57. The molecule has 1 heteroatoms. The van der Waals surface area contributed by atoms with Gasteiger partial charge in [0.15, 0.2) is 0 Å². The van der Waals surface area contributed by atoms with Crippen molar-refractivity contribution < 1.29 is 0 Å². The van der Waals surface area contributed by atoms with Gasteiger partial charge in [0.05, 0.1) is 0 Å². The SMILES string of the molecule is C=C(CC)CCCC1(CCC)CC(CCN(CCC)C(C)CC)CC1=C. The van der Waals surface area contributed by atoms with Crippen molar-refractivity contribution in [1.29, 1.82) is 0 Å². The first-order chi connectivity index (χ1) is 12.4. The van der Waals surface area contributed by atoms with Crippen molar-refractivity contribution in [3.8, 4) is 0 Å². The number of hydrogen-bond acceptors (Lipinski definition) is 1. The lowest BCUT2D eigenvalue weighted by molar-refractivity contribution is 0.183. The lowest BCUT2D eigenvalue weighted by atomic mass is 9.74. The summed E-state index contributed by atoms with van der Waals surface area (Å²) in [6.07, 6.45) is 14.1. The zero-order valence-corrected chi connectivity index (χ0v) is 18.7. The molecule has 0 aliphatic heterocycles. The van der Waals surface area contributed by atoms with E-state index in [2.05, 4.69) is 52.7 Å². The lowest BCUT2D eigenvalue weighted by Gasteiger charge is -2.32. The molecule has 26 heavy (non-hydrogen) atoms. The van der Waals surface area contributed by atoms with Crippen molar-refractivity contribution >= 4 is 0 Å². The highest BCUT2D eigenvalue weighted by molar-refractivity contribution is 5.17. The van der Waals surface area contributed by atoms with Crippen molar-refractivity contribution in [3.63, 3.8) is 0 Å². The summed E-state index contributed by atoms with van der Waals surface area (Å²) in [4.78, 5) is 2.72. The fourth-order valence-electron chi connectivity index (χ4n) is 5.00.